The first-order chi connectivity index (χ1) is 12.2. The van der Waals surface area contributed by atoms with Crippen molar-refractivity contribution < 1.29 is 9.53 Å². The van der Waals surface area contributed by atoms with Gasteiger partial charge in [-0.15, -0.1) is 11.8 Å². The average molecular weight is 345 g/mol. The zero-order valence-electron chi connectivity index (χ0n) is 13.6. The van der Waals surface area contributed by atoms with Crippen molar-refractivity contribution >= 4 is 40.5 Å². The Labute approximate surface area is 150 Å². The lowest BCUT2D eigenvalue weighted by Gasteiger charge is -2.04. The van der Waals surface area contributed by atoms with Crippen molar-refractivity contribution in [2.75, 3.05) is 6.26 Å². The second-order valence-electron chi connectivity index (χ2n) is 5.64. The molecule has 25 heavy (non-hydrogen) atoms. The monoisotopic (exact) mass is 345 g/mol. The van der Waals surface area contributed by atoms with Gasteiger partial charge in [0.05, 0.1) is 0 Å². The van der Waals surface area contributed by atoms with Crippen LogP contribution < -0.4 is 0 Å². The lowest BCUT2D eigenvalue weighted by Crippen LogP contribution is -2.05. The van der Waals surface area contributed by atoms with Crippen LogP contribution in [0, 0.1) is 0 Å². The molecule has 0 bridgehead atoms. The van der Waals surface area contributed by atoms with Crippen molar-refractivity contribution in [2.24, 2.45) is 4.99 Å². The molecule has 0 unspecified atom stereocenters. The zero-order chi connectivity index (χ0) is 17.2. The Bertz CT molecular complexity index is 1010. The van der Waals surface area contributed by atoms with Crippen molar-refractivity contribution in [3.05, 3.63) is 83.6 Å². The molecule has 1 heterocycles. The minimum Gasteiger partial charge on any atom is -0.402 e. The number of hydrogen-bond donors (Lipinski definition) is 0. The zero-order valence-corrected chi connectivity index (χ0v) is 14.4. The maximum atomic E-state index is 12.2. The van der Waals surface area contributed by atoms with E-state index in [0.29, 0.717) is 11.6 Å². The molecule has 0 spiro atoms. The number of rotatable bonds is 3. The van der Waals surface area contributed by atoms with Gasteiger partial charge in [-0.3, -0.25) is 0 Å². The molecule has 0 N–H and O–H groups in total. The number of carbonyl (C=O) groups excluding carboxylic acids is 1. The van der Waals surface area contributed by atoms with E-state index in [1.165, 1.54) is 4.90 Å². The van der Waals surface area contributed by atoms with Crippen LogP contribution >= 0.6 is 11.8 Å². The van der Waals surface area contributed by atoms with Crippen LogP contribution in [-0.4, -0.2) is 18.1 Å². The third-order valence-electron chi connectivity index (χ3n) is 4.06. The molecule has 0 saturated carbocycles. The molecule has 122 valence electrons. The summed E-state index contributed by atoms with van der Waals surface area (Å²) in [6, 6.07) is 21.9. The fourth-order valence-electron chi connectivity index (χ4n) is 2.79. The first-order valence-corrected chi connectivity index (χ1v) is 9.12. The molecule has 1 aliphatic heterocycles. The second-order valence-corrected chi connectivity index (χ2v) is 6.52. The van der Waals surface area contributed by atoms with E-state index in [-0.39, 0.29) is 0 Å². The number of carbonyl (C=O) groups is 1. The predicted octanol–water partition coefficient (Wildman–Crippen LogP) is 4.91. The van der Waals surface area contributed by atoms with Crippen LogP contribution in [0.2, 0.25) is 0 Å². The maximum absolute atomic E-state index is 12.2. The van der Waals surface area contributed by atoms with Gasteiger partial charge in [0.25, 0.3) is 0 Å². The molecule has 4 rings (SSSR count). The van der Waals surface area contributed by atoms with Crippen LogP contribution in [0.4, 0.5) is 0 Å². The number of thioether (sulfide) groups is 1. The number of hydrogen-bond acceptors (Lipinski definition) is 4. The number of cyclic esters (lactones) is 1. The molecule has 3 aromatic rings. The van der Waals surface area contributed by atoms with Gasteiger partial charge in [0.15, 0.2) is 5.70 Å². The van der Waals surface area contributed by atoms with Crippen molar-refractivity contribution in [1.29, 1.82) is 0 Å². The Balaban J connectivity index is 1.73. The third kappa shape index (κ3) is 3.08. The molecule has 0 aliphatic carbocycles. The number of nitrogens with zero attached hydrogens (tertiary/aromatic N) is 1. The smallest absolute Gasteiger partial charge is 0.363 e. The molecule has 0 saturated heterocycles. The van der Waals surface area contributed by atoms with Crippen LogP contribution in [0.5, 0.6) is 0 Å². The minimum absolute atomic E-state index is 0.319. The third-order valence-corrected chi connectivity index (χ3v) is 4.80. The van der Waals surface area contributed by atoms with E-state index in [9.17, 15) is 4.79 Å². The molecule has 3 nitrogen and oxygen atoms in total. The molecule has 0 aromatic heterocycles. The van der Waals surface area contributed by atoms with Gasteiger partial charge in [0.2, 0.25) is 5.90 Å². The summed E-state index contributed by atoms with van der Waals surface area (Å²) in [5, 5.41) is 2.10. The first-order valence-electron chi connectivity index (χ1n) is 7.89. The number of esters is 1. The summed E-state index contributed by atoms with van der Waals surface area (Å²) >= 11 is 1.68. The van der Waals surface area contributed by atoms with Gasteiger partial charge in [0.1, 0.15) is 0 Å². The topological polar surface area (TPSA) is 38.7 Å². The maximum Gasteiger partial charge on any atom is 0.363 e. The van der Waals surface area contributed by atoms with Crippen LogP contribution in [0.3, 0.4) is 0 Å². The molecule has 0 radical (unpaired) electrons. The number of benzene rings is 3. The Hall–Kier alpha value is -2.85. The highest BCUT2D eigenvalue weighted by molar-refractivity contribution is 7.98. The summed E-state index contributed by atoms with van der Waals surface area (Å²) < 4.78 is 5.42. The molecule has 0 atom stereocenters. The van der Waals surface area contributed by atoms with Gasteiger partial charge in [0, 0.05) is 10.5 Å². The predicted molar refractivity (Wildman–Crippen MR) is 103 cm³/mol. The van der Waals surface area contributed by atoms with Crippen LogP contribution in [0.1, 0.15) is 11.1 Å². The van der Waals surface area contributed by atoms with E-state index >= 15 is 0 Å². The summed E-state index contributed by atoms with van der Waals surface area (Å²) in [6.45, 7) is 0. The number of aliphatic imine (C=N–C) groups is 1. The molecule has 0 amide bonds. The summed E-state index contributed by atoms with van der Waals surface area (Å²) in [7, 11) is 0. The molecule has 4 heteroatoms. The fourth-order valence-corrected chi connectivity index (χ4v) is 3.20. The Kier molecular flexibility index (Phi) is 4.12. The van der Waals surface area contributed by atoms with Crippen LogP contribution in [-0.2, 0) is 9.53 Å². The first kappa shape index (κ1) is 15.7. The van der Waals surface area contributed by atoms with Crippen molar-refractivity contribution in [1.82, 2.24) is 0 Å². The van der Waals surface area contributed by atoms with Gasteiger partial charge in [-0.25, -0.2) is 9.79 Å². The lowest BCUT2D eigenvalue weighted by atomic mass is 10.0. The van der Waals surface area contributed by atoms with Gasteiger partial charge in [-0.1, -0.05) is 48.5 Å². The highest BCUT2D eigenvalue weighted by atomic mass is 32.2. The quantitative estimate of drug-likeness (QED) is 0.385. The van der Waals surface area contributed by atoms with Gasteiger partial charge in [-0.05, 0) is 46.9 Å². The Morgan fingerprint density at radius 3 is 2.52 bits per heavy atom. The van der Waals surface area contributed by atoms with Crippen molar-refractivity contribution in [3.8, 4) is 0 Å². The standard InChI is InChI=1S/C21H15NO2S/c1-25-16-11-9-14(10-12-16)13-19-21(23)24-20(22-19)18-8-4-6-15-5-2-3-7-17(15)18/h2-13H,1H3. The summed E-state index contributed by atoms with van der Waals surface area (Å²) in [4.78, 5) is 17.8. The van der Waals surface area contributed by atoms with Crippen molar-refractivity contribution in [3.63, 3.8) is 0 Å². The average Bonchev–Trinajstić information content (AvgIpc) is 3.02. The highest BCUT2D eigenvalue weighted by Gasteiger charge is 2.25. The number of ether oxygens (including phenoxy) is 1. The Morgan fingerprint density at radius 1 is 0.960 bits per heavy atom. The second kappa shape index (κ2) is 6.57. The van der Waals surface area contributed by atoms with E-state index in [4.69, 9.17) is 4.74 Å². The largest absolute Gasteiger partial charge is 0.402 e. The Morgan fingerprint density at radius 2 is 1.72 bits per heavy atom. The number of fused-ring (bicyclic) bond motifs is 1. The summed E-state index contributed by atoms with van der Waals surface area (Å²) in [5.41, 5.74) is 2.07. The molecule has 0 fully saturated rings. The van der Waals surface area contributed by atoms with Gasteiger partial charge in [-0.2, -0.15) is 0 Å². The van der Waals surface area contributed by atoms with E-state index in [1.807, 2.05) is 73.0 Å². The molecular formula is C21H15NO2S. The molecular weight excluding hydrogens is 330 g/mol. The SMILES string of the molecule is CSc1ccc(C=C2N=C(c3cccc4ccccc34)OC2=O)cc1. The van der Waals surface area contributed by atoms with Gasteiger partial charge >= 0.3 is 5.97 Å². The van der Waals surface area contributed by atoms with Crippen LogP contribution in [0.15, 0.2) is 82.3 Å². The lowest BCUT2D eigenvalue weighted by molar-refractivity contribution is -0.129. The van der Waals surface area contributed by atoms with E-state index in [0.717, 1.165) is 21.9 Å². The minimum atomic E-state index is -0.420. The molecule has 1 aliphatic rings. The van der Waals surface area contributed by atoms with E-state index < -0.39 is 5.97 Å². The van der Waals surface area contributed by atoms with E-state index in [2.05, 4.69) is 4.99 Å². The highest BCUT2D eigenvalue weighted by Crippen LogP contribution is 2.25. The summed E-state index contributed by atoms with van der Waals surface area (Å²) in [5.74, 6) is -0.0642. The fraction of sp³-hybridized carbons (Fsp3) is 0.0476. The van der Waals surface area contributed by atoms with Crippen molar-refractivity contribution in [2.45, 2.75) is 4.90 Å². The molecule has 3 aromatic carbocycles. The normalized spacial score (nSPS) is 15.5. The van der Waals surface area contributed by atoms with E-state index in [1.54, 1.807) is 17.8 Å². The van der Waals surface area contributed by atoms with Crippen LogP contribution in [0.25, 0.3) is 16.8 Å². The summed E-state index contributed by atoms with van der Waals surface area (Å²) in [6.07, 6.45) is 3.78. The van der Waals surface area contributed by atoms with Gasteiger partial charge < -0.3 is 4.74 Å².